The Morgan fingerprint density at radius 3 is 2.53 bits per heavy atom. The Morgan fingerprint density at radius 2 is 1.94 bits per heavy atom. The molecular weight excluding hydrogens is 484 g/mol. The molecule has 1 N–H and O–H groups in total. The Balaban J connectivity index is 2.05. The fourth-order valence-corrected chi connectivity index (χ4v) is 4.28. The van der Waals surface area contributed by atoms with E-state index < -0.39 is 22.7 Å². The maximum absolute atomic E-state index is 13.9. The number of pyridine rings is 1. The molecule has 0 spiro atoms. The lowest BCUT2D eigenvalue weighted by atomic mass is 9.84. The van der Waals surface area contributed by atoms with Crippen molar-refractivity contribution in [1.29, 1.82) is 5.26 Å². The number of hydrogen-bond acceptors (Lipinski definition) is 6. The SMILES string of the molecule is CC(C)(O)C1CN(c2c(-c3ccc(F)c(Cl)c3)c(=O)n(-c3cncc(Cl)c3)c(=O)n2CC#N)C1. The molecule has 2 aromatic heterocycles. The summed E-state index contributed by atoms with van der Waals surface area (Å²) in [7, 11) is 0. The van der Waals surface area contributed by atoms with Gasteiger partial charge in [-0.3, -0.25) is 14.3 Å². The summed E-state index contributed by atoms with van der Waals surface area (Å²) in [6.45, 7) is 3.70. The summed E-state index contributed by atoms with van der Waals surface area (Å²) in [6, 6.07) is 7.18. The zero-order valence-electron chi connectivity index (χ0n) is 18.3. The standard InChI is InChI=1S/C23H20Cl2FN5O3/c1-23(2,34)14-11-29(12-14)20-19(13-3-4-18(26)17(25)7-13)21(32)31(22(33)30(20)6-5-27)16-8-15(24)9-28-10-16/h3-4,7-10,14,34H,6,11-12H2,1-2H3. The van der Waals surface area contributed by atoms with Gasteiger partial charge >= 0.3 is 5.69 Å². The highest BCUT2D eigenvalue weighted by atomic mass is 35.5. The van der Waals surface area contributed by atoms with E-state index in [2.05, 4.69) is 4.98 Å². The first kappa shape index (κ1) is 24.0. The number of nitriles is 1. The van der Waals surface area contributed by atoms with E-state index >= 15 is 0 Å². The van der Waals surface area contributed by atoms with Gasteiger partial charge in [0.05, 0.1) is 39.2 Å². The van der Waals surface area contributed by atoms with Crippen molar-refractivity contribution in [3.8, 4) is 22.9 Å². The Labute approximate surface area is 204 Å². The first-order valence-corrected chi connectivity index (χ1v) is 11.1. The number of halogens is 3. The fraction of sp³-hybridized carbons (Fsp3) is 0.304. The minimum Gasteiger partial charge on any atom is -0.390 e. The second-order valence-electron chi connectivity index (χ2n) is 8.61. The van der Waals surface area contributed by atoms with Crippen molar-refractivity contribution in [2.75, 3.05) is 18.0 Å². The zero-order valence-corrected chi connectivity index (χ0v) is 19.8. The maximum atomic E-state index is 13.9. The van der Waals surface area contributed by atoms with Gasteiger partial charge in [-0.15, -0.1) is 0 Å². The summed E-state index contributed by atoms with van der Waals surface area (Å²) >= 11 is 12.0. The molecule has 4 rings (SSSR count). The molecule has 3 aromatic rings. The normalized spacial score (nSPS) is 14.1. The molecule has 3 heterocycles. The maximum Gasteiger partial charge on any atom is 0.338 e. The molecule has 1 fully saturated rings. The van der Waals surface area contributed by atoms with Crippen LogP contribution in [-0.2, 0) is 6.54 Å². The van der Waals surface area contributed by atoms with E-state index in [1.165, 1.54) is 35.2 Å². The average Bonchev–Trinajstić information content (AvgIpc) is 2.71. The summed E-state index contributed by atoms with van der Waals surface area (Å²) in [5, 5.41) is 19.9. The Hall–Kier alpha value is -3.19. The Bertz CT molecular complexity index is 1430. The molecule has 0 amide bonds. The molecule has 0 bridgehead atoms. The molecule has 8 nitrogen and oxygen atoms in total. The van der Waals surface area contributed by atoms with E-state index in [0.29, 0.717) is 13.1 Å². The predicted octanol–water partition coefficient (Wildman–Crippen LogP) is 3.24. The third-order valence-corrected chi connectivity index (χ3v) is 6.38. The van der Waals surface area contributed by atoms with Crippen molar-refractivity contribution < 1.29 is 9.50 Å². The molecular formula is C23H20Cl2FN5O3. The highest BCUT2D eigenvalue weighted by molar-refractivity contribution is 6.31. The smallest absolute Gasteiger partial charge is 0.338 e. The van der Waals surface area contributed by atoms with Crippen molar-refractivity contribution in [1.82, 2.24) is 14.1 Å². The lowest BCUT2D eigenvalue weighted by Gasteiger charge is -2.47. The van der Waals surface area contributed by atoms with Crippen molar-refractivity contribution in [2.45, 2.75) is 26.0 Å². The fourth-order valence-electron chi connectivity index (χ4n) is 3.94. The summed E-state index contributed by atoms with van der Waals surface area (Å²) in [6.07, 6.45) is 2.66. The largest absolute Gasteiger partial charge is 0.390 e. The monoisotopic (exact) mass is 503 g/mol. The van der Waals surface area contributed by atoms with Crippen LogP contribution in [0.25, 0.3) is 16.8 Å². The number of aliphatic hydroxyl groups is 1. The van der Waals surface area contributed by atoms with Crippen LogP contribution in [0.5, 0.6) is 0 Å². The van der Waals surface area contributed by atoms with Crippen LogP contribution in [0.4, 0.5) is 10.2 Å². The third kappa shape index (κ3) is 4.20. The molecule has 0 aliphatic carbocycles. The number of benzene rings is 1. The summed E-state index contributed by atoms with van der Waals surface area (Å²) in [4.78, 5) is 33.0. The van der Waals surface area contributed by atoms with E-state index in [1.54, 1.807) is 18.7 Å². The van der Waals surface area contributed by atoms with Gasteiger partial charge in [0.25, 0.3) is 5.56 Å². The van der Waals surface area contributed by atoms with Crippen LogP contribution in [0.2, 0.25) is 10.0 Å². The van der Waals surface area contributed by atoms with E-state index in [1.807, 2.05) is 6.07 Å². The van der Waals surface area contributed by atoms with Crippen molar-refractivity contribution in [3.05, 3.63) is 73.4 Å². The molecule has 1 aromatic carbocycles. The van der Waals surface area contributed by atoms with Gasteiger partial charge in [-0.2, -0.15) is 5.26 Å². The van der Waals surface area contributed by atoms with Crippen LogP contribution in [0.15, 0.2) is 46.2 Å². The first-order chi connectivity index (χ1) is 16.0. The van der Waals surface area contributed by atoms with E-state index in [4.69, 9.17) is 23.2 Å². The Kier molecular flexibility index (Phi) is 6.25. The van der Waals surface area contributed by atoms with Crippen LogP contribution in [0.1, 0.15) is 13.8 Å². The first-order valence-electron chi connectivity index (χ1n) is 10.3. The number of aromatic nitrogens is 3. The third-order valence-electron chi connectivity index (χ3n) is 5.88. The second-order valence-corrected chi connectivity index (χ2v) is 9.46. The highest BCUT2D eigenvalue weighted by Gasteiger charge is 2.40. The van der Waals surface area contributed by atoms with Gasteiger partial charge < -0.3 is 10.0 Å². The molecule has 34 heavy (non-hydrogen) atoms. The van der Waals surface area contributed by atoms with Crippen LogP contribution in [-0.4, -0.2) is 37.9 Å². The van der Waals surface area contributed by atoms with Crippen LogP contribution in [0, 0.1) is 23.1 Å². The second kappa shape index (κ2) is 8.87. The van der Waals surface area contributed by atoms with Crippen molar-refractivity contribution in [3.63, 3.8) is 0 Å². The lowest BCUT2D eigenvalue weighted by molar-refractivity contribution is 0.00418. The van der Waals surface area contributed by atoms with Crippen LogP contribution in [0.3, 0.4) is 0 Å². The molecule has 1 aliphatic heterocycles. The molecule has 11 heteroatoms. The predicted molar refractivity (Wildman–Crippen MR) is 127 cm³/mol. The number of hydrogen-bond donors (Lipinski definition) is 1. The van der Waals surface area contributed by atoms with E-state index in [-0.39, 0.29) is 45.1 Å². The molecule has 0 saturated carbocycles. The average molecular weight is 504 g/mol. The van der Waals surface area contributed by atoms with Crippen molar-refractivity contribution >= 4 is 29.0 Å². The van der Waals surface area contributed by atoms with Crippen LogP contribution < -0.4 is 16.1 Å². The summed E-state index contributed by atoms with van der Waals surface area (Å²) in [5.41, 5.74) is -1.98. The van der Waals surface area contributed by atoms with Gasteiger partial charge in [-0.1, -0.05) is 29.3 Å². The quantitative estimate of drug-likeness (QED) is 0.572. The van der Waals surface area contributed by atoms with E-state index in [0.717, 1.165) is 10.6 Å². The van der Waals surface area contributed by atoms with E-state index in [9.17, 15) is 24.3 Å². The Morgan fingerprint density at radius 1 is 1.24 bits per heavy atom. The summed E-state index contributed by atoms with van der Waals surface area (Å²) < 4.78 is 16.0. The number of anilines is 1. The number of nitrogens with zero attached hydrogens (tertiary/aromatic N) is 5. The van der Waals surface area contributed by atoms with Gasteiger partial charge in [0.15, 0.2) is 0 Å². The van der Waals surface area contributed by atoms with Gasteiger partial charge in [0.2, 0.25) is 0 Å². The lowest BCUT2D eigenvalue weighted by Crippen LogP contribution is -2.58. The molecule has 0 unspecified atom stereocenters. The van der Waals surface area contributed by atoms with Gasteiger partial charge in [-0.25, -0.2) is 13.8 Å². The van der Waals surface area contributed by atoms with Gasteiger partial charge in [-0.05, 0) is 37.6 Å². The van der Waals surface area contributed by atoms with Gasteiger partial charge in [0.1, 0.15) is 18.2 Å². The molecule has 1 aliphatic rings. The number of rotatable bonds is 5. The van der Waals surface area contributed by atoms with Crippen molar-refractivity contribution in [2.24, 2.45) is 5.92 Å². The van der Waals surface area contributed by atoms with Gasteiger partial charge in [0, 0.05) is 25.2 Å². The highest BCUT2D eigenvalue weighted by Crippen LogP contribution is 2.36. The molecule has 0 atom stereocenters. The minimum absolute atomic E-state index is 0.0610. The van der Waals surface area contributed by atoms with Crippen LogP contribution >= 0.6 is 23.2 Å². The molecule has 176 valence electrons. The minimum atomic E-state index is -0.975. The summed E-state index contributed by atoms with van der Waals surface area (Å²) in [5.74, 6) is -0.587. The molecule has 0 radical (unpaired) electrons. The zero-order chi connectivity index (χ0) is 24.8. The molecule has 1 saturated heterocycles. The topological polar surface area (TPSA) is 104 Å².